The summed E-state index contributed by atoms with van der Waals surface area (Å²) in [6.45, 7) is 5.07. The second kappa shape index (κ2) is 6.05. The molecule has 19 heavy (non-hydrogen) atoms. The first-order valence-electron chi connectivity index (χ1n) is 5.89. The van der Waals surface area contributed by atoms with Crippen molar-refractivity contribution in [3.63, 3.8) is 0 Å². The lowest BCUT2D eigenvalue weighted by molar-refractivity contribution is 0.0956. The van der Waals surface area contributed by atoms with Crippen molar-refractivity contribution >= 4 is 31.7 Å². The molecule has 0 saturated heterocycles. The Morgan fingerprint density at radius 2 is 1.95 bits per heavy atom. The number of benzene rings is 1. The monoisotopic (exact) mass is 347 g/mol. The molecule has 1 rings (SSSR count). The fourth-order valence-corrected chi connectivity index (χ4v) is 2.72. The van der Waals surface area contributed by atoms with Gasteiger partial charge in [0.15, 0.2) is 9.84 Å². The molecule has 0 fully saturated rings. The van der Waals surface area contributed by atoms with Crippen molar-refractivity contribution in [1.29, 1.82) is 0 Å². The van der Waals surface area contributed by atoms with Gasteiger partial charge in [0.25, 0.3) is 5.91 Å². The summed E-state index contributed by atoms with van der Waals surface area (Å²) in [4.78, 5) is 11.8. The molecule has 0 aliphatic heterocycles. The lowest BCUT2D eigenvalue weighted by Crippen LogP contribution is -2.36. The van der Waals surface area contributed by atoms with Crippen molar-refractivity contribution in [2.45, 2.75) is 25.5 Å². The fourth-order valence-electron chi connectivity index (χ4n) is 1.34. The van der Waals surface area contributed by atoms with Crippen molar-refractivity contribution in [2.75, 3.05) is 12.3 Å². The number of carbonyl (C=O) groups excluding carboxylic acids is 1. The van der Waals surface area contributed by atoms with Crippen LogP contribution < -0.4 is 5.32 Å². The molecule has 0 aliphatic carbocycles. The molecule has 4 nitrogen and oxygen atoms in total. The summed E-state index contributed by atoms with van der Waals surface area (Å²) < 4.78 is 23.7. The van der Waals surface area contributed by atoms with Gasteiger partial charge in [0.1, 0.15) is 0 Å². The van der Waals surface area contributed by atoms with Crippen LogP contribution in [0.5, 0.6) is 0 Å². The van der Waals surface area contributed by atoms with E-state index in [0.717, 1.165) is 4.47 Å². The van der Waals surface area contributed by atoms with Gasteiger partial charge in [-0.25, -0.2) is 8.42 Å². The third kappa shape index (κ3) is 4.62. The smallest absolute Gasteiger partial charge is 0.251 e. The van der Waals surface area contributed by atoms with E-state index < -0.39 is 14.6 Å². The molecule has 1 aromatic carbocycles. The molecule has 0 unspecified atom stereocenters. The molecule has 1 N–H and O–H groups in total. The van der Waals surface area contributed by atoms with Crippen molar-refractivity contribution in [3.05, 3.63) is 34.3 Å². The topological polar surface area (TPSA) is 63.2 Å². The summed E-state index contributed by atoms with van der Waals surface area (Å²) in [5.74, 6) is -0.332. The van der Waals surface area contributed by atoms with Gasteiger partial charge < -0.3 is 5.32 Å². The number of hydrogen-bond acceptors (Lipinski definition) is 3. The van der Waals surface area contributed by atoms with E-state index in [9.17, 15) is 13.2 Å². The molecule has 0 spiro atoms. The molecule has 106 valence electrons. The molecule has 0 aliphatic rings. The van der Waals surface area contributed by atoms with E-state index in [0.29, 0.717) is 5.56 Å². The minimum absolute atomic E-state index is 0.0593. The minimum atomic E-state index is -3.21. The van der Waals surface area contributed by atoms with Crippen LogP contribution in [0.25, 0.3) is 0 Å². The van der Waals surface area contributed by atoms with Crippen LogP contribution in [0.3, 0.4) is 0 Å². The number of nitrogens with one attached hydrogen (secondary N) is 1. The predicted octanol–water partition coefficient (Wildman–Crippen LogP) is 2.39. The van der Waals surface area contributed by atoms with E-state index in [1.165, 1.54) is 0 Å². The summed E-state index contributed by atoms with van der Waals surface area (Å²) in [6, 6.07) is 6.94. The Morgan fingerprint density at radius 3 is 2.47 bits per heavy atom. The highest BCUT2D eigenvalue weighted by Gasteiger charge is 2.28. The van der Waals surface area contributed by atoms with Crippen molar-refractivity contribution < 1.29 is 13.2 Å². The van der Waals surface area contributed by atoms with Crippen LogP contribution in [0.15, 0.2) is 28.7 Å². The highest BCUT2D eigenvalue weighted by Crippen LogP contribution is 2.15. The number of sulfone groups is 1. The number of carbonyl (C=O) groups is 1. The quantitative estimate of drug-likeness (QED) is 0.909. The van der Waals surface area contributed by atoms with Crippen LogP contribution >= 0.6 is 15.9 Å². The van der Waals surface area contributed by atoms with Crippen LogP contribution in [-0.4, -0.2) is 31.4 Å². The first kappa shape index (κ1) is 16.2. The maximum Gasteiger partial charge on any atom is 0.251 e. The SMILES string of the molecule is CC(C)(C)S(=O)(=O)CCNC(=O)c1cccc(Br)c1. The fraction of sp³-hybridized carbons (Fsp3) is 0.462. The third-order valence-corrected chi connectivity index (χ3v) is 5.78. The Hall–Kier alpha value is -0.880. The summed E-state index contributed by atoms with van der Waals surface area (Å²) >= 11 is 3.28. The maximum atomic E-state index is 11.9. The van der Waals surface area contributed by atoms with Crippen LogP contribution in [0, 0.1) is 0 Å². The van der Waals surface area contributed by atoms with E-state index in [1.54, 1.807) is 39.0 Å². The molecule has 0 heterocycles. The zero-order valence-electron chi connectivity index (χ0n) is 11.2. The van der Waals surface area contributed by atoms with E-state index >= 15 is 0 Å². The lowest BCUT2D eigenvalue weighted by atomic mass is 10.2. The molecule has 1 aromatic rings. The Balaban J connectivity index is 2.58. The van der Waals surface area contributed by atoms with Gasteiger partial charge in [0.2, 0.25) is 0 Å². The van der Waals surface area contributed by atoms with Gasteiger partial charge in [-0.05, 0) is 39.0 Å². The molecule has 1 amide bonds. The summed E-state index contributed by atoms with van der Waals surface area (Å²) in [5.41, 5.74) is 0.502. The summed E-state index contributed by atoms with van der Waals surface area (Å²) in [6.07, 6.45) is 0. The first-order chi connectivity index (χ1) is 8.63. The second-order valence-corrected chi connectivity index (χ2v) is 8.98. The molecular weight excluding hydrogens is 330 g/mol. The lowest BCUT2D eigenvalue weighted by Gasteiger charge is -2.19. The largest absolute Gasteiger partial charge is 0.351 e. The minimum Gasteiger partial charge on any atom is -0.351 e. The number of amides is 1. The molecule has 6 heteroatoms. The molecule has 0 radical (unpaired) electrons. The maximum absolute atomic E-state index is 11.9. The van der Waals surface area contributed by atoms with Gasteiger partial charge in [-0.2, -0.15) is 0 Å². The van der Waals surface area contributed by atoms with E-state index in [2.05, 4.69) is 21.2 Å². The van der Waals surface area contributed by atoms with Crippen molar-refractivity contribution in [3.8, 4) is 0 Å². The van der Waals surface area contributed by atoms with Crippen LogP contribution in [0.2, 0.25) is 0 Å². The number of hydrogen-bond donors (Lipinski definition) is 1. The average molecular weight is 348 g/mol. The summed E-state index contributed by atoms with van der Waals surface area (Å²) in [5, 5.41) is 2.62. The van der Waals surface area contributed by atoms with E-state index in [1.807, 2.05) is 6.07 Å². The van der Waals surface area contributed by atoms with Crippen molar-refractivity contribution in [2.24, 2.45) is 0 Å². The molecule has 0 aromatic heterocycles. The van der Waals surface area contributed by atoms with Crippen molar-refractivity contribution in [1.82, 2.24) is 5.32 Å². The van der Waals surface area contributed by atoms with Gasteiger partial charge in [-0.1, -0.05) is 22.0 Å². The third-order valence-electron chi connectivity index (χ3n) is 2.68. The predicted molar refractivity (Wildman–Crippen MR) is 80.0 cm³/mol. The standard InChI is InChI=1S/C13H18BrNO3S/c1-13(2,3)19(17,18)8-7-15-12(16)10-5-4-6-11(14)9-10/h4-6,9H,7-8H2,1-3H3,(H,15,16). The zero-order chi connectivity index (χ0) is 14.7. The second-order valence-electron chi connectivity index (χ2n) is 5.20. The summed E-state index contributed by atoms with van der Waals surface area (Å²) in [7, 11) is -3.21. The molecule has 0 bridgehead atoms. The molecule has 0 atom stereocenters. The Morgan fingerprint density at radius 1 is 1.32 bits per heavy atom. The van der Waals surface area contributed by atoms with Gasteiger partial charge in [0, 0.05) is 16.6 Å². The van der Waals surface area contributed by atoms with Gasteiger partial charge in [-0.15, -0.1) is 0 Å². The van der Waals surface area contributed by atoms with Gasteiger partial charge in [-0.3, -0.25) is 4.79 Å². The van der Waals surface area contributed by atoms with E-state index in [4.69, 9.17) is 0 Å². The molecule has 0 saturated carbocycles. The molecular formula is C13H18BrNO3S. The van der Waals surface area contributed by atoms with Gasteiger partial charge in [0.05, 0.1) is 10.5 Å². The highest BCUT2D eigenvalue weighted by atomic mass is 79.9. The van der Waals surface area contributed by atoms with Gasteiger partial charge >= 0.3 is 0 Å². The Labute approximate surface area is 122 Å². The van der Waals surface area contributed by atoms with Crippen LogP contribution in [-0.2, 0) is 9.84 Å². The van der Waals surface area contributed by atoms with Crippen LogP contribution in [0.4, 0.5) is 0 Å². The Kier molecular flexibility index (Phi) is 5.15. The number of halogens is 1. The zero-order valence-corrected chi connectivity index (χ0v) is 13.6. The first-order valence-corrected chi connectivity index (χ1v) is 8.34. The Bertz CT molecular complexity index is 561. The highest BCUT2D eigenvalue weighted by molar-refractivity contribution is 9.10. The number of rotatable bonds is 4. The van der Waals surface area contributed by atoms with Crippen LogP contribution in [0.1, 0.15) is 31.1 Å². The van der Waals surface area contributed by atoms with E-state index in [-0.39, 0.29) is 18.2 Å². The average Bonchev–Trinajstić information content (AvgIpc) is 2.27. The normalized spacial score (nSPS) is 12.2.